The van der Waals surface area contributed by atoms with Crippen molar-refractivity contribution in [3.05, 3.63) is 59.2 Å². The summed E-state index contributed by atoms with van der Waals surface area (Å²) in [7, 11) is 0. The van der Waals surface area contributed by atoms with Crippen LogP contribution in [0.15, 0.2) is 36.4 Å². The molecule has 0 spiro atoms. The molecule has 0 N–H and O–H groups in total. The van der Waals surface area contributed by atoms with Gasteiger partial charge in [-0.1, -0.05) is 25.5 Å². The minimum Gasteiger partial charge on any atom is -0.451 e. The van der Waals surface area contributed by atoms with Crippen LogP contribution >= 0.6 is 11.6 Å². The van der Waals surface area contributed by atoms with Crippen LogP contribution in [0.1, 0.15) is 24.5 Å². The predicted molar refractivity (Wildman–Crippen MR) is 76.4 cm³/mol. The lowest BCUT2D eigenvalue weighted by molar-refractivity contribution is 0.406. The molecule has 0 fully saturated rings. The molecule has 2 aromatic carbocycles. The maximum atomic E-state index is 13.8. The summed E-state index contributed by atoms with van der Waals surface area (Å²) in [6.07, 6.45) is 2.01. The third kappa shape index (κ3) is 3.48. The quantitative estimate of drug-likeness (QED) is 0.667. The number of ether oxygens (including phenoxy) is 1. The fourth-order valence-corrected chi connectivity index (χ4v) is 2.07. The molecule has 0 heterocycles. The molecule has 2 rings (SSSR count). The SMILES string of the molecule is CCCc1ccc(Oc2c(F)cc(CCl)cc2F)cc1. The van der Waals surface area contributed by atoms with Crippen molar-refractivity contribution in [2.24, 2.45) is 0 Å². The molecule has 106 valence electrons. The first-order valence-electron chi connectivity index (χ1n) is 6.44. The van der Waals surface area contributed by atoms with E-state index in [1.54, 1.807) is 12.1 Å². The number of benzene rings is 2. The van der Waals surface area contributed by atoms with Gasteiger partial charge in [0.1, 0.15) is 5.75 Å². The second-order valence-electron chi connectivity index (χ2n) is 4.52. The summed E-state index contributed by atoms with van der Waals surface area (Å²) in [6, 6.07) is 9.55. The smallest absolute Gasteiger partial charge is 0.198 e. The van der Waals surface area contributed by atoms with Crippen LogP contribution in [0, 0.1) is 11.6 Å². The number of halogens is 3. The molecular weight excluding hydrogens is 282 g/mol. The van der Waals surface area contributed by atoms with Gasteiger partial charge in [-0.3, -0.25) is 0 Å². The number of aryl methyl sites for hydroxylation is 1. The molecule has 0 radical (unpaired) electrons. The van der Waals surface area contributed by atoms with Crippen molar-refractivity contribution in [1.29, 1.82) is 0 Å². The van der Waals surface area contributed by atoms with E-state index in [9.17, 15) is 8.78 Å². The highest BCUT2D eigenvalue weighted by atomic mass is 35.5. The largest absolute Gasteiger partial charge is 0.451 e. The van der Waals surface area contributed by atoms with Crippen molar-refractivity contribution in [3.63, 3.8) is 0 Å². The van der Waals surface area contributed by atoms with Gasteiger partial charge in [-0.05, 0) is 41.8 Å². The average Bonchev–Trinajstić information content (AvgIpc) is 2.44. The van der Waals surface area contributed by atoms with Gasteiger partial charge in [-0.25, -0.2) is 8.78 Å². The average molecular weight is 297 g/mol. The van der Waals surface area contributed by atoms with E-state index in [0.717, 1.165) is 12.8 Å². The van der Waals surface area contributed by atoms with Crippen molar-refractivity contribution >= 4 is 11.6 Å². The van der Waals surface area contributed by atoms with Gasteiger partial charge in [0.2, 0.25) is 0 Å². The molecule has 2 aromatic rings. The maximum absolute atomic E-state index is 13.8. The number of rotatable bonds is 5. The Bertz CT molecular complexity index is 559. The third-order valence-electron chi connectivity index (χ3n) is 2.89. The van der Waals surface area contributed by atoms with Crippen LogP contribution in [0.4, 0.5) is 8.78 Å². The molecule has 0 amide bonds. The van der Waals surface area contributed by atoms with Gasteiger partial charge in [-0.15, -0.1) is 11.6 Å². The molecule has 0 bridgehead atoms. The first-order valence-corrected chi connectivity index (χ1v) is 6.98. The monoisotopic (exact) mass is 296 g/mol. The van der Waals surface area contributed by atoms with Crippen molar-refractivity contribution < 1.29 is 13.5 Å². The fraction of sp³-hybridized carbons (Fsp3) is 0.250. The van der Waals surface area contributed by atoms with E-state index in [2.05, 4.69) is 6.92 Å². The van der Waals surface area contributed by atoms with E-state index >= 15 is 0 Å². The van der Waals surface area contributed by atoms with Crippen LogP contribution in [-0.2, 0) is 12.3 Å². The highest BCUT2D eigenvalue weighted by molar-refractivity contribution is 6.17. The second kappa shape index (κ2) is 6.71. The zero-order chi connectivity index (χ0) is 14.5. The van der Waals surface area contributed by atoms with Gasteiger partial charge in [0.25, 0.3) is 0 Å². The minimum absolute atomic E-state index is 0.0554. The molecule has 0 atom stereocenters. The maximum Gasteiger partial charge on any atom is 0.198 e. The second-order valence-corrected chi connectivity index (χ2v) is 4.79. The molecule has 0 unspecified atom stereocenters. The number of hydrogen-bond acceptors (Lipinski definition) is 1. The molecule has 0 saturated carbocycles. The summed E-state index contributed by atoms with van der Waals surface area (Å²) in [5.74, 6) is -1.44. The molecule has 4 heteroatoms. The number of alkyl halides is 1. The molecule has 0 aliphatic heterocycles. The topological polar surface area (TPSA) is 9.23 Å². The summed E-state index contributed by atoms with van der Waals surface area (Å²) in [5.41, 5.74) is 1.55. The fourth-order valence-electron chi connectivity index (χ4n) is 1.92. The van der Waals surface area contributed by atoms with Crippen molar-refractivity contribution in [1.82, 2.24) is 0 Å². The molecular formula is C16H15ClF2O. The lowest BCUT2D eigenvalue weighted by Crippen LogP contribution is -1.95. The first kappa shape index (κ1) is 14.8. The zero-order valence-electron chi connectivity index (χ0n) is 11.1. The highest BCUT2D eigenvalue weighted by Crippen LogP contribution is 2.29. The lowest BCUT2D eigenvalue weighted by Gasteiger charge is -2.09. The van der Waals surface area contributed by atoms with E-state index in [-0.39, 0.29) is 5.88 Å². The molecule has 0 saturated heterocycles. The molecule has 0 aliphatic rings. The van der Waals surface area contributed by atoms with E-state index in [1.807, 2.05) is 12.1 Å². The van der Waals surface area contributed by atoms with Gasteiger partial charge < -0.3 is 4.74 Å². The Labute approximate surface area is 122 Å². The van der Waals surface area contributed by atoms with E-state index in [4.69, 9.17) is 16.3 Å². The molecule has 1 nitrogen and oxygen atoms in total. The van der Waals surface area contributed by atoms with Crippen LogP contribution in [0.5, 0.6) is 11.5 Å². The summed E-state index contributed by atoms with van der Waals surface area (Å²) in [6.45, 7) is 2.09. The molecule has 20 heavy (non-hydrogen) atoms. The van der Waals surface area contributed by atoms with Crippen molar-refractivity contribution in [2.75, 3.05) is 0 Å². The van der Waals surface area contributed by atoms with Crippen LogP contribution in [-0.4, -0.2) is 0 Å². The van der Waals surface area contributed by atoms with Gasteiger partial charge >= 0.3 is 0 Å². The normalized spacial score (nSPS) is 10.6. The zero-order valence-corrected chi connectivity index (χ0v) is 11.9. The number of hydrogen-bond donors (Lipinski definition) is 0. The summed E-state index contributed by atoms with van der Waals surface area (Å²) < 4.78 is 32.8. The van der Waals surface area contributed by atoms with E-state index in [1.165, 1.54) is 17.7 Å². The minimum atomic E-state index is -0.752. The Morgan fingerprint density at radius 3 is 2.10 bits per heavy atom. The summed E-state index contributed by atoms with van der Waals surface area (Å²) in [4.78, 5) is 0. The Hall–Kier alpha value is -1.61. The third-order valence-corrected chi connectivity index (χ3v) is 3.20. The Morgan fingerprint density at radius 1 is 1.00 bits per heavy atom. The Balaban J connectivity index is 2.21. The first-order chi connectivity index (χ1) is 9.63. The van der Waals surface area contributed by atoms with Gasteiger partial charge in [0.05, 0.1) is 0 Å². The van der Waals surface area contributed by atoms with Crippen molar-refractivity contribution in [3.8, 4) is 11.5 Å². The standard InChI is InChI=1S/C16H15ClF2O/c1-2-3-11-4-6-13(7-5-11)20-16-14(18)8-12(10-17)9-15(16)19/h4-9H,2-3,10H2,1H3. The lowest BCUT2D eigenvalue weighted by atomic mass is 10.1. The predicted octanol–water partition coefficient (Wildman–Crippen LogP) is 5.45. The molecule has 0 aromatic heterocycles. The van der Waals surface area contributed by atoms with Crippen molar-refractivity contribution in [2.45, 2.75) is 25.6 Å². The van der Waals surface area contributed by atoms with Crippen LogP contribution < -0.4 is 4.74 Å². The van der Waals surface area contributed by atoms with Gasteiger partial charge in [-0.2, -0.15) is 0 Å². The highest BCUT2D eigenvalue weighted by Gasteiger charge is 2.13. The van der Waals surface area contributed by atoms with Crippen LogP contribution in [0.2, 0.25) is 0 Å². The van der Waals surface area contributed by atoms with Crippen LogP contribution in [0.25, 0.3) is 0 Å². The van der Waals surface area contributed by atoms with Gasteiger partial charge in [0.15, 0.2) is 17.4 Å². The Morgan fingerprint density at radius 2 is 1.60 bits per heavy atom. The van der Waals surface area contributed by atoms with E-state index < -0.39 is 17.4 Å². The molecule has 0 aliphatic carbocycles. The summed E-state index contributed by atoms with van der Waals surface area (Å²) in [5, 5.41) is 0. The van der Waals surface area contributed by atoms with E-state index in [0.29, 0.717) is 11.3 Å². The van der Waals surface area contributed by atoms with Crippen LogP contribution in [0.3, 0.4) is 0 Å². The summed E-state index contributed by atoms with van der Waals surface area (Å²) >= 11 is 5.56. The van der Waals surface area contributed by atoms with Gasteiger partial charge in [0, 0.05) is 5.88 Å². The Kier molecular flexibility index (Phi) is 4.96.